The van der Waals surface area contributed by atoms with Crippen molar-refractivity contribution in [1.29, 1.82) is 0 Å². The third-order valence-corrected chi connectivity index (χ3v) is 5.49. The first kappa shape index (κ1) is 15.7. The molecule has 3 nitrogen and oxygen atoms in total. The Morgan fingerprint density at radius 3 is 2.55 bits per heavy atom. The van der Waals surface area contributed by atoms with E-state index in [1.165, 1.54) is 12.8 Å². The van der Waals surface area contributed by atoms with Gasteiger partial charge in [0.2, 0.25) is 5.91 Å². The van der Waals surface area contributed by atoms with Crippen molar-refractivity contribution in [2.45, 2.75) is 77.2 Å². The van der Waals surface area contributed by atoms with Crippen molar-refractivity contribution in [2.75, 3.05) is 6.54 Å². The lowest BCUT2D eigenvalue weighted by atomic mass is 9.72. The van der Waals surface area contributed by atoms with Gasteiger partial charge in [0.25, 0.3) is 0 Å². The van der Waals surface area contributed by atoms with Crippen molar-refractivity contribution in [3.63, 3.8) is 0 Å². The summed E-state index contributed by atoms with van der Waals surface area (Å²) in [7, 11) is 0. The molecule has 1 saturated carbocycles. The van der Waals surface area contributed by atoms with Crippen LogP contribution in [0.15, 0.2) is 0 Å². The van der Waals surface area contributed by atoms with Crippen molar-refractivity contribution >= 4 is 23.1 Å². The van der Waals surface area contributed by atoms with Crippen molar-refractivity contribution < 1.29 is 4.79 Å². The zero-order valence-corrected chi connectivity index (χ0v) is 13.5. The molecule has 0 spiro atoms. The van der Waals surface area contributed by atoms with Gasteiger partial charge in [-0.05, 0) is 38.5 Å². The molecule has 1 unspecified atom stereocenters. The second-order valence-corrected chi connectivity index (χ2v) is 6.88. The molecule has 20 heavy (non-hydrogen) atoms. The lowest BCUT2D eigenvalue weighted by molar-refractivity contribution is -0.143. The van der Waals surface area contributed by atoms with Crippen LogP contribution in [0.4, 0.5) is 0 Å². The van der Waals surface area contributed by atoms with E-state index in [-0.39, 0.29) is 5.91 Å². The molecule has 2 aliphatic rings. The maximum Gasteiger partial charge on any atom is 0.235 e. The second-order valence-electron chi connectivity index (χ2n) is 6.44. The largest absolute Gasteiger partial charge is 0.392 e. The Labute approximate surface area is 128 Å². The molecule has 1 amide bonds. The van der Waals surface area contributed by atoms with Crippen LogP contribution in [0.5, 0.6) is 0 Å². The summed E-state index contributed by atoms with van der Waals surface area (Å²) in [6.45, 7) is 3.09. The Bertz CT molecular complexity index is 361. The quantitative estimate of drug-likeness (QED) is 0.809. The highest BCUT2D eigenvalue weighted by Gasteiger charge is 2.46. The molecule has 1 atom stereocenters. The molecule has 1 aliphatic heterocycles. The number of carbonyl (C=O) groups excluding carboxylic acids is 1. The number of carbonyl (C=O) groups is 1. The minimum absolute atomic E-state index is 0.239. The van der Waals surface area contributed by atoms with Gasteiger partial charge in [0, 0.05) is 12.6 Å². The van der Waals surface area contributed by atoms with Crippen LogP contribution in [-0.4, -0.2) is 28.4 Å². The van der Waals surface area contributed by atoms with Crippen LogP contribution in [0.25, 0.3) is 0 Å². The number of piperidine rings is 1. The zero-order valence-electron chi connectivity index (χ0n) is 12.7. The smallest absolute Gasteiger partial charge is 0.235 e. The standard InChI is InChI=1S/C16H28N2OS/c1-2-8-13-9-4-7-12-18(13)15(19)16(14(17)20)10-5-3-6-11-16/h13H,2-12H2,1H3,(H2,17,20). The molecular formula is C16H28N2OS. The third-order valence-electron chi connectivity index (χ3n) is 5.10. The summed E-state index contributed by atoms with van der Waals surface area (Å²) in [5.74, 6) is 0.239. The van der Waals surface area contributed by atoms with Gasteiger partial charge in [0.15, 0.2) is 0 Å². The Hall–Kier alpha value is -0.640. The Kier molecular flexibility index (Phi) is 5.42. The number of nitrogens with zero attached hydrogens (tertiary/aromatic N) is 1. The number of nitrogens with two attached hydrogens (primary N) is 1. The highest BCUT2D eigenvalue weighted by molar-refractivity contribution is 7.80. The van der Waals surface area contributed by atoms with E-state index >= 15 is 0 Å². The second kappa shape index (κ2) is 6.88. The summed E-state index contributed by atoms with van der Waals surface area (Å²) in [5.41, 5.74) is 5.48. The van der Waals surface area contributed by atoms with Crippen LogP contribution in [0, 0.1) is 5.41 Å². The monoisotopic (exact) mass is 296 g/mol. The molecule has 0 aromatic heterocycles. The predicted molar refractivity (Wildman–Crippen MR) is 86.6 cm³/mol. The molecule has 0 aromatic carbocycles. The van der Waals surface area contributed by atoms with Crippen molar-refractivity contribution in [1.82, 2.24) is 4.90 Å². The summed E-state index contributed by atoms with van der Waals surface area (Å²) < 4.78 is 0. The Morgan fingerprint density at radius 2 is 1.95 bits per heavy atom. The highest BCUT2D eigenvalue weighted by Crippen LogP contribution is 2.40. The lowest BCUT2D eigenvalue weighted by Gasteiger charge is -2.44. The van der Waals surface area contributed by atoms with Crippen LogP contribution in [0.2, 0.25) is 0 Å². The van der Waals surface area contributed by atoms with Crippen LogP contribution >= 0.6 is 12.2 Å². The first-order valence-electron chi connectivity index (χ1n) is 8.23. The van der Waals surface area contributed by atoms with Crippen LogP contribution in [0.1, 0.15) is 71.1 Å². The normalized spacial score (nSPS) is 26.2. The number of hydrogen-bond donors (Lipinski definition) is 1. The SMILES string of the molecule is CCCC1CCCCN1C(=O)C1(C(N)=S)CCCCC1. The van der Waals surface area contributed by atoms with E-state index in [9.17, 15) is 4.79 Å². The first-order chi connectivity index (χ1) is 9.62. The van der Waals surface area contributed by atoms with E-state index in [1.54, 1.807) is 0 Å². The van der Waals surface area contributed by atoms with Crippen molar-refractivity contribution in [2.24, 2.45) is 11.1 Å². The summed E-state index contributed by atoms with van der Waals surface area (Å²) in [6.07, 6.45) is 10.8. The van der Waals surface area contributed by atoms with E-state index in [4.69, 9.17) is 18.0 Å². The van der Waals surface area contributed by atoms with E-state index in [2.05, 4.69) is 11.8 Å². The fraction of sp³-hybridized carbons (Fsp3) is 0.875. The van der Waals surface area contributed by atoms with Crippen LogP contribution in [-0.2, 0) is 4.79 Å². The summed E-state index contributed by atoms with van der Waals surface area (Å²) in [6, 6.07) is 0.411. The Balaban J connectivity index is 2.19. The molecule has 1 heterocycles. The fourth-order valence-electron chi connectivity index (χ4n) is 3.90. The number of hydrogen-bond acceptors (Lipinski definition) is 2. The van der Waals surface area contributed by atoms with E-state index < -0.39 is 5.41 Å². The molecule has 2 fully saturated rings. The summed E-state index contributed by atoms with van der Waals surface area (Å²) >= 11 is 5.31. The first-order valence-corrected chi connectivity index (χ1v) is 8.63. The lowest BCUT2D eigenvalue weighted by Crippen LogP contribution is -2.55. The maximum atomic E-state index is 13.2. The van der Waals surface area contributed by atoms with E-state index in [1.807, 2.05) is 0 Å². The van der Waals surface area contributed by atoms with Gasteiger partial charge >= 0.3 is 0 Å². The van der Waals surface area contributed by atoms with Gasteiger partial charge in [0.1, 0.15) is 0 Å². The minimum atomic E-state index is -0.531. The number of rotatable bonds is 4. The van der Waals surface area contributed by atoms with E-state index in [0.29, 0.717) is 11.0 Å². The van der Waals surface area contributed by atoms with E-state index in [0.717, 1.165) is 57.9 Å². The number of likely N-dealkylation sites (tertiary alicyclic amines) is 1. The topological polar surface area (TPSA) is 46.3 Å². The van der Waals surface area contributed by atoms with Crippen molar-refractivity contribution in [3.05, 3.63) is 0 Å². The average Bonchev–Trinajstić information content (AvgIpc) is 2.48. The van der Waals surface area contributed by atoms with Gasteiger partial charge < -0.3 is 10.6 Å². The van der Waals surface area contributed by atoms with Crippen LogP contribution < -0.4 is 5.73 Å². The molecule has 2 rings (SSSR count). The van der Waals surface area contributed by atoms with Gasteiger partial charge in [-0.25, -0.2) is 0 Å². The summed E-state index contributed by atoms with van der Waals surface area (Å²) in [5, 5.41) is 0. The number of thiocarbonyl (C=S) groups is 1. The van der Waals surface area contributed by atoms with Crippen molar-refractivity contribution in [3.8, 4) is 0 Å². The highest BCUT2D eigenvalue weighted by atomic mass is 32.1. The predicted octanol–water partition coefficient (Wildman–Crippen LogP) is 3.40. The molecule has 2 N–H and O–H groups in total. The molecule has 114 valence electrons. The van der Waals surface area contributed by atoms with Crippen LogP contribution in [0.3, 0.4) is 0 Å². The zero-order chi connectivity index (χ0) is 14.6. The molecular weight excluding hydrogens is 268 g/mol. The van der Waals surface area contributed by atoms with Gasteiger partial charge in [-0.3, -0.25) is 4.79 Å². The molecule has 0 bridgehead atoms. The Morgan fingerprint density at radius 1 is 1.25 bits per heavy atom. The molecule has 1 saturated heterocycles. The van der Waals surface area contributed by atoms with Gasteiger partial charge in [-0.1, -0.05) is 44.8 Å². The average molecular weight is 296 g/mol. The maximum absolute atomic E-state index is 13.2. The summed E-state index contributed by atoms with van der Waals surface area (Å²) in [4.78, 5) is 15.7. The molecule has 0 aromatic rings. The minimum Gasteiger partial charge on any atom is -0.392 e. The van der Waals surface area contributed by atoms with Gasteiger partial charge in [-0.2, -0.15) is 0 Å². The van der Waals surface area contributed by atoms with Gasteiger partial charge in [0.05, 0.1) is 10.4 Å². The molecule has 0 radical (unpaired) electrons. The molecule has 1 aliphatic carbocycles. The molecule has 4 heteroatoms. The van der Waals surface area contributed by atoms with Gasteiger partial charge in [-0.15, -0.1) is 0 Å². The fourth-order valence-corrected chi connectivity index (χ4v) is 4.19. The third kappa shape index (κ3) is 3.00. The number of amides is 1.